The largest absolute Gasteiger partial charge is 0.457 e. The van der Waals surface area contributed by atoms with Crippen molar-refractivity contribution in [2.75, 3.05) is 23.4 Å². The summed E-state index contributed by atoms with van der Waals surface area (Å²) < 4.78 is 19.3. The number of carbonyl (C=O) groups is 8. The summed E-state index contributed by atoms with van der Waals surface area (Å²) in [6.45, 7) is 15.9. The average Bonchev–Trinajstić information content (AvgIpc) is 1.59. The van der Waals surface area contributed by atoms with Crippen LogP contribution >= 0.6 is 0 Å². The van der Waals surface area contributed by atoms with Gasteiger partial charge in [0.25, 0.3) is 0 Å². The molecule has 0 N–H and O–H groups in total. The van der Waals surface area contributed by atoms with Crippen molar-refractivity contribution in [3.63, 3.8) is 0 Å². The fourth-order valence-electron chi connectivity index (χ4n) is 15.1. The van der Waals surface area contributed by atoms with Crippen molar-refractivity contribution in [1.82, 2.24) is 9.80 Å². The summed E-state index contributed by atoms with van der Waals surface area (Å²) in [4.78, 5) is 116. The summed E-state index contributed by atoms with van der Waals surface area (Å²) in [5.74, 6) is -4.41. The Hall–Kier alpha value is -8.13. The summed E-state index contributed by atoms with van der Waals surface area (Å²) in [5.41, 5.74) is 5.76. The molecule has 17 heteroatoms. The van der Waals surface area contributed by atoms with Gasteiger partial charge in [0.05, 0.1) is 46.9 Å². The number of fused-ring (bicyclic) bond motifs is 6. The van der Waals surface area contributed by atoms with Crippen LogP contribution in [0.3, 0.4) is 0 Å². The highest BCUT2D eigenvalue weighted by atomic mass is 28.4. The molecule has 0 spiro atoms. The molecule has 6 aromatic carbocycles. The number of amides is 8. The Labute approximate surface area is 516 Å². The smallest absolute Gasteiger partial charge is 0.242 e. The van der Waals surface area contributed by atoms with Gasteiger partial charge >= 0.3 is 0 Å². The molecule has 6 aliphatic rings. The van der Waals surface area contributed by atoms with Crippen LogP contribution in [0.4, 0.5) is 11.4 Å². The van der Waals surface area contributed by atoms with E-state index in [1.807, 2.05) is 97.1 Å². The molecule has 8 unspecified atom stereocenters. The molecule has 15 nitrogen and oxygen atoms in total. The van der Waals surface area contributed by atoms with Gasteiger partial charge in [0.2, 0.25) is 47.3 Å². The van der Waals surface area contributed by atoms with Gasteiger partial charge in [-0.3, -0.25) is 53.1 Å². The lowest BCUT2D eigenvalue weighted by Gasteiger charge is -2.35. The molecule has 0 radical (unpaired) electrons. The third kappa shape index (κ3) is 11.1. The second kappa shape index (κ2) is 23.4. The van der Waals surface area contributed by atoms with E-state index in [4.69, 9.17) is 13.6 Å². The van der Waals surface area contributed by atoms with E-state index in [9.17, 15) is 38.4 Å². The van der Waals surface area contributed by atoms with Crippen LogP contribution in [0.5, 0.6) is 23.0 Å². The van der Waals surface area contributed by atoms with Crippen LogP contribution in [0.1, 0.15) is 123 Å². The zero-order valence-corrected chi connectivity index (χ0v) is 53.3. The predicted octanol–water partition coefficient (Wildman–Crippen LogP) is 13.1. The fraction of sp³-hybridized carbons (Fsp3) is 0.380. The van der Waals surface area contributed by atoms with Crippen molar-refractivity contribution < 1.29 is 51.9 Å². The summed E-state index contributed by atoms with van der Waals surface area (Å²) in [6.07, 6.45) is 3.70. The van der Waals surface area contributed by atoms with Crippen LogP contribution in [-0.2, 0) is 47.9 Å². The number of imide groups is 4. The number of hydrogen-bond donors (Lipinski definition) is 0. The van der Waals surface area contributed by atoms with Crippen molar-refractivity contribution in [2.45, 2.75) is 133 Å². The normalized spacial score (nSPS) is 23.7. The van der Waals surface area contributed by atoms with Gasteiger partial charge in [0.15, 0.2) is 16.6 Å². The van der Waals surface area contributed by atoms with E-state index < -0.39 is 57.6 Å². The monoisotopic (exact) mass is 1220 g/mol. The lowest BCUT2D eigenvalue weighted by molar-refractivity contribution is -0.140. The van der Waals surface area contributed by atoms with E-state index in [0.717, 1.165) is 58.3 Å². The second-order valence-corrected chi connectivity index (χ2v) is 35.5. The van der Waals surface area contributed by atoms with Crippen molar-refractivity contribution in [1.29, 1.82) is 0 Å². The first kappa shape index (κ1) is 60.2. The van der Waals surface area contributed by atoms with Crippen molar-refractivity contribution in [3.05, 3.63) is 179 Å². The van der Waals surface area contributed by atoms with Gasteiger partial charge < -0.3 is 13.6 Å². The zero-order valence-electron chi connectivity index (χ0n) is 51.3. The molecule has 2 aliphatic carbocycles. The summed E-state index contributed by atoms with van der Waals surface area (Å²) in [7, 11) is -2.32. The van der Waals surface area contributed by atoms with Gasteiger partial charge in [0.1, 0.15) is 23.0 Å². The number of ether oxygens (including phenoxy) is 2. The maximum atomic E-state index is 14.4. The van der Waals surface area contributed by atoms with E-state index in [2.05, 4.69) is 47.0 Å². The van der Waals surface area contributed by atoms with Crippen molar-refractivity contribution in [3.8, 4) is 23.0 Å². The molecule has 6 aromatic rings. The number of unbranched alkanes of at least 4 members (excludes halogenated alkanes) is 1. The highest BCUT2D eigenvalue weighted by Crippen LogP contribution is 2.54. The first-order valence-electron chi connectivity index (χ1n) is 31.1. The quantitative estimate of drug-likeness (QED) is 0.0557. The highest BCUT2D eigenvalue weighted by molar-refractivity contribution is 6.84. The molecule has 4 fully saturated rings. The predicted molar refractivity (Wildman–Crippen MR) is 339 cm³/mol. The van der Waals surface area contributed by atoms with Crippen LogP contribution in [0.25, 0.3) is 0 Å². The first-order valence-corrected chi connectivity index (χ1v) is 37.3. The average molecular weight is 1220 g/mol. The number of benzene rings is 6. The number of likely N-dealkylation sites (N-methyl/N-ethyl adjacent to an activating group) is 1. The molecule has 0 bridgehead atoms. The summed E-state index contributed by atoms with van der Waals surface area (Å²) >= 11 is 0. The Bertz CT molecular complexity index is 3770. The standard InChI is InChI=1S/C71H76N4O11Si2/c1-9-10-37-87(5,6)86-88(7,8)38-15-36-73-61(76)41-57(66(73)79)55-40-60-64(54-19-14-12-17-52(54)55)70(83)75(68(60)81)46-26-34-50(35-27-46)85-48-30-22-44(23-31-48)71(2,3)43-20-28-47(29-21-43)84-49-32-24-45(25-33-49)74-62(77)42-58(67(74)80)56-39-59-63(69(82)72(4)65(59)78)53-18-13-11-16-51(53)56/h11-14,16-35,55-60,63-64H,9-10,15,36-42H2,1-8H3. The number of likely N-dealkylation sites (tertiary alicyclic amines) is 2. The van der Waals surface area contributed by atoms with Crippen LogP contribution in [0.15, 0.2) is 146 Å². The summed E-state index contributed by atoms with van der Waals surface area (Å²) in [6, 6.07) is 46.5. The molecular formula is C71H76N4O11Si2. The van der Waals surface area contributed by atoms with E-state index in [0.29, 0.717) is 60.2 Å². The van der Waals surface area contributed by atoms with Gasteiger partial charge in [-0.15, -0.1) is 0 Å². The number of carbonyl (C=O) groups excluding carboxylic acids is 8. The molecule has 0 aromatic heterocycles. The van der Waals surface area contributed by atoms with Gasteiger partial charge in [0, 0.05) is 31.8 Å². The lowest BCUT2D eigenvalue weighted by atomic mass is 9.67. The minimum absolute atomic E-state index is 0.00599. The number of anilines is 2. The van der Waals surface area contributed by atoms with E-state index >= 15 is 0 Å². The molecule has 454 valence electrons. The number of hydrogen-bond acceptors (Lipinski definition) is 11. The Kier molecular flexibility index (Phi) is 16.0. The lowest BCUT2D eigenvalue weighted by Crippen LogP contribution is -2.44. The third-order valence-corrected chi connectivity index (χ3v) is 27.2. The Morgan fingerprint density at radius 2 is 0.852 bits per heavy atom. The van der Waals surface area contributed by atoms with Crippen LogP contribution in [-0.4, -0.2) is 87.3 Å². The first-order chi connectivity index (χ1) is 42.0. The molecule has 4 heterocycles. The fourth-order valence-corrected chi connectivity index (χ4v) is 24.1. The molecule has 0 saturated carbocycles. The SMILES string of the molecule is CCCC[Si](C)(C)O[Si](C)(C)CCCN1C(=O)CC(C2CC3C(=O)N(c4ccc(Oc5ccc(C(C)(C)c6ccc(Oc7ccc(N8C(=O)CC(C9CC%10C(=O)N(C)C(=O)C%10c%10ccccc%109)C8=O)cc7)cc6)cc5)cc4)C(=O)C3c3ccccc32)C1=O. The third-order valence-electron chi connectivity index (χ3n) is 19.6. The van der Waals surface area contributed by atoms with Gasteiger partial charge in [-0.1, -0.05) is 106 Å². The maximum Gasteiger partial charge on any atom is 0.242 e. The van der Waals surface area contributed by atoms with Gasteiger partial charge in [-0.2, -0.15) is 0 Å². The molecule has 4 saturated heterocycles. The van der Waals surface area contributed by atoms with Crippen molar-refractivity contribution >= 4 is 75.3 Å². The minimum atomic E-state index is -2.02. The Morgan fingerprint density at radius 3 is 1.35 bits per heavy atom. The molecule has 4 aliphatic heterocycles. The van der Waals surface area contributed by atoms with Crippen LogP contribution in [0, 0.1) is 23.7 Å². The summed E-state index contributed by atoms with van der Waals surface area (Å²) in [5, 5.41) is 0. The number of rotatable bonds is 19. The Balaban J connectivity index is 0.648. The minimum Gasteiger partial charge on any atom is -0.457 e. The maximum absolute atomic E-state index is 14.4. The van der Waals surface area contributed by atoms with E-state index in [1.165, 1.54) is 26.6 Å². The van der Waals surface area contributed by atoms with E-state index in [-0.39, 0.29) is 71.9 Å². The molecule has 8 amide bonds. The topological polar surface area (TPSA) is 177 Å². The van der Waals surface area contributed by atoms with Gasteiger partial charge in [-0.25, -0.2) is 4.90 Å². The highest BCUT2D eigenvalue weighted by Gasteiger charge is 2.57. The molecule has 88 heavy (non-hydrogen) atoms. The van der Waals surface area contributed by atoms with Crippen molar-refractivity contribution in [2.24, 2.45) is 23.7 Å². The number of nitrogens with zero attached hydrogens (tertiary/aromatic N) is 4. The van der Waals surface area contributed by atoms with Crippen LogP contribution < -0.4 is 19.3 Å². The zero-order chi connectivity index (χ0) is 62.1. The second-order valence-electron chi connectivity index (χ2n) is 26.6. The Morgan fingerprint density at radius 1 is 0.443 bits per heavy atom. The molecule has 12 rings (SSSR count). The molecule has 8 atom stereocenters. The molecular weight excluding hydrogens is 1140 g/mol. The van der Waals surface area contributed by atoms with Gasteiger partial charge in [-0.05, 0) is 176 Å². The van der Waals surface area contributed by atoms with E-state index in [1.54, 1.807) is 48.5 Å². The van der Waals surface area contributed by atoms with Crippen LogP contribution in [0.2, 0.25) is 38.3 Å².